The number of carbonyl (C=O) groups is 1. The van der Waals surface area contributed by atoms with Gasteiger partial charge in [-0.25, -0.2) is 0 Å². The highest BCUT2D eigenvalue weighted by Crippen LogP contribution is 2.26. The number of hydrogen-bond acceptors (Lipinski definition) is 6. The van der Waals surface area contributed by atoms with Gasteiger partial charge < -0.3 is 16.0 Å². The van der Waals surface area contributed by atoms with E-state index in [0.29, 0.717) is 31.7 Å². The number of nitrogens with one attached hydrogen (secondary N) is 1. The number of hydrogen-bond donors (Lipinski definition) is 2. The summed E-state index contributed by atoms with van der Waals surface area (Å²) in [6.45, 7) is 1.67. The van der Waals surface area contributed by atoms with Crippen LogP contribution in [0, 0.1) is 0 Å². The first-order chi connectivity index (χ1) is 13.0. The van der Waals surface area contributed by atoms with Crippen molar-refractivity contribution in [2.75, 3.05) is 17.2 Å². The Balaban J connectivity index is 1.43. The lowest BCUT2D eigenvalue weighted by atomic mass is 9.96. The van der Waals surface area contributed by atoms with Gasteiger partial charge in [0, 0.05) is 24.5 Å². The van der Waals surface area contributed by atoms with Gasteiger partial charge in [-0.15, -0.1) is 11.3 Å². The maximum absolute atomic E-state index is 12.1. The Labute approximate surface area is 159 Å². The predicted molar refractivity (Wildman–Crippen MR) is 107 cm³/mol. The first-order valence-electron chi connectivity index (χ1n) is 8.76. The van der Waals surface area contributed by atoms with Crippen LogP contribution in [0.25, 0.3) is 0 Å². The van der Waals surface area contributed by atoms with E-state index >= 15 is 0 Å². The largest absolute Gasteiger partial charge is 0.394 e. The summed E-state index contributed by atoms with van der Waals surface area (Å²) in [5.74, 6) is -0.00620. The van der Waals surface area contributed by atoms with Crippen molar-refractivity contribution in [2.24, 2.45) is 0 Å². The summed E-state index contributed by atoms with van der Waals surface area (Å²) in [6.07, 6.45) is 1.18. The molecule has 0 unspecified atom stereocenters. The van der Waals surface area contributed by atoms with Crippen LogP contribution < -0.4 is 26.8 Å². The van der Waals surface area contributed by atoms with E-state index in [-0.39, 0.29) is 11.6 Å². The van der Waals surface area contributed by atoms with Gasteiger partial charge in [-0.3, -0.25) is 14.4 Å². The Bertz CT molecular complexity index is 1070. The zero-order chi connectivity index (χ0) is 19.0. The van der Waals surface area contributed by atoms with E-state index in [1.807, 2.05) is 28.5 Å². The van der Waals surface area contributed by atoms with Crippen molar-refractivity contribution in [1.82, 2.24) is 5.32 Å². The quantitative estimate of drug-likeness (QED) is 0.651. The van der Waals surface area contributed by atoms with Crippen molar-refractivity contribution in [2.45, 2.75) is 25.9 Å². The van der Waals surface area contributed by atoms with Crippen LogP contribution in [-0.4, -0.2) is 12.5 Å². The molecule has 1 aliphatic rings. The second kappa shape index (κ2) is 7.00. The van der Waals surface area contributed by atoms with Crippen LogP contribution in [0.1, 0.15) is 21.6 Å². The van der Waals surface area contributed by atoms with Gasteiger partial charge in [0.15, 0.2) is 0 Å². The average Bonchev–Trinajstić information content (AvgIpc) is 3.19. The Kier molecular flexibility index (Phi) is 4.53. The minimum absolute atomic E-state index is 0.00620. The summed E-state index contributed by atoms with van der Waals surface area (Å²) in [6, 6.07) is 10.0. The molecule has 4 rings (SSSR count). The second-order valence-electron chi connectivity index (χ2n) is 6.73. The molecular weight excluding hydrogens is 362 g/mol. The third kappa shape index (κ3) is 3.38. The molecule has 0 fully saturated rings. The molecule has 138 valence electrons. The molecule has 0 aliphatic carbocycles. The molecule has 1 aromatic heterocycles. The number of nitrogens with two attached hydrogens (primary N) is 1. The smallest absolute Gasteiger partial charge is 0.253 e. The van der Waals surface area contributed by atoms with E-state index in [1.54, 1.807) is 11.3 Å². The van der Waals surface area contributed by atoms with Gasteiger partial charge in [-0.05, 0) is 34.6 Å². The summed E-state index contributed by atoms with van der Waals surface area (Å²) in [7, 11) is 0. The van der Waals surface area contributed by atoms with E-state index < -0.39 is 10.9 Å². The van der Waals surface area contributed by atoms with Crippen LogP contribution in [0.2, 0.25) is 0 Å². The number of amides is 1. The van der Waals surface area contributed by atoms with E-state index in [9.17, 15) is 14.4 Å². The predicted octanol–water partition coefficient (Wildman–Crippen LogP) is 1.35. The lowest BCUT2D eigenvalue weighted by Crippen LogP contribution is -2.44. The number of nitrogens with zero attached hydrogens (tertiary/aromatic N) is 1. The van der Waals surface area contributed by atoms with Gasteiger partial charge in [0.25, 0.3) is 10.9 Å². The third-order valence-electron chi connectivity index (χ3n) is 4.92. The summed E-state index contributed by atoms with van der Waals surface area (Å²) < 4.78 is 0. The number of nitrogen functional groups attached to an aromatic ring is 1. The number of anilines is 2. The molecule has 6 nitrogen and oxygen atoms in total. The highest BCUT2D eigenvalue weighted by Gasteiger charge is 2.26. The van der Waals surface area contributed by atoms with Crippen molar-refractivity contribution in [1.29, 1.82) is 0 Å². The van der Waals surface area contributed by atoms with Crippen LogP contribution in [0.15, 0.2) is 45.3 Å². The Morgan fingerprint density at radius 3 is 2.78 bits per heavy atom. The van der Waals surface area contributed by atoms with Crippen LogP contribution in [0.5, 0.6) is 0 Å². The van der Waals surface area contributed by atoms with Gasteiger partial charge >= 0.3 is 0 Å². The molecule has 2 heterocycles. The van der Waals surface area contributed by atoms with Crippen LogP contribution >= 0.6 is 11.3 Å². The Morgan fingerprint density at radius 2 is 2.04 bits per heavy atom. The lowest BCUT2D eigenvalue weighted by Gasteiger charge is -2.32. The summed E-state index contributed by atoms with van der Waals surface area (Å²) in [5.41, 5.74) is 8.36. The molecule has 0 radical (unpaired) electrons. The molecule has 2 aromatic carbocycles. The van der Waals surface area contributed by atoms with Gasteiger partial charge in [0.2, 0.25) is 5.91 Å². The molecule has 3 aromatic rings. The van der Waals surface area contributed by atoms with Crippen molar-refractivity contribution in [3.63, 3.8) is 0 Å². The van der Waals surface area contributed by atoms with E-state index in [1.165, 1.54) is 5.56 Å². The Hall–Kier alpha value is -2.93. The maximum Gasteiger partial charge on any atom is 0.253 e. The van der Waals surface area contributed by atoms with Crippen LogP contribution in [0.3, 0.4) is 0 Å². The molecular formula is C20H19N3O3S. The first kappa shape index (κ1) is 17.5. The van der Waals surface area contributed by atoms with Gasteiger partial charge in [-0.1, -0.05) is 24.3 Å². The number of thiophene rings is 1. The molecule has 1 aliphatic heterocycles. The van der Waals surface area contributed by atoms with Crippen LogP contribution in [-0.2, 0) is 30.7 Å². The minimum Gasteiger partial charge on any atom is -0.394 e. The molecule has 0 saturated carbocycles. The van der Waals surface area contributed by atoms with Crippen molar-refractivity contribution >= 4 is 28.6 Å². The molecule has 0 bridgehead atoms. The van der Waals surface area contributed by atoms with E-state index in [0.717, 1.165) is 22.4 Å². The highest BCUT2D eigenvalue weighted by molar-refractivity contribution is 7.10. The number of fused-ring (bicyclic) bond motifs is 1. The topological polar surface area (TPSA) is 92.5 Å². The fourth-order valence-corrected chi connectivity index (χ4v) is 4.16. The zero-order valence-electron chi connectivity index (χ0n) is 14.7. The molecule has 1 amide bonds. The van der Waals surface area contributed by atoms with Gasteiger partial charge in [0.05, 0.1) is 6.42 Å². The molecule has 0 saturated heterocycles. The normalized spacial score (nSPS) is 13.6. The molecule has 0 atom stereocenters. The minimum atomic E-state index is -0.585. The van der Waals surface area contributed by atoms with E-state index in [2.05, 4.69) is 17.4 Å². The number of benzene rings is 1. The lowest BCUT2D eigenvalue weighted by molar-refractivity contribution is -0.120. The molecule has 3 N–H and O–H groups in total. The molecule has 27 heavy (non-hydrogen) atoms. The number of rotatable bonds is 5. The molecule has 0 spiro atoms. The summed E-state index contributed by atoms with van der Waals surface area (Å²) in [4.78, 5) is 38.1. The number of carbonyl (C=O) groups excluding carboxylic acids is 1. The van der Waals surface area contributed by atoms with Crippen molar-refractivity contribution in [3.8, 4) is 0 Å². The fraction of sp³-hybridized carbons (Fsp3) is 0.250. The monoisotopic (exact) mass is 381 g/mol. The maximum atomic E-state index is 12.1. The zero-order valence-corrected chi connectivity index (χ0v) is 15.5. The van der Waals surface area contributed by atoms with Gasteiger partial charge in [0.1, 0.15) is 11.4 Å². The highest BCUT2D eigenvalue weighted by atomic mass is 32.1. The van der Waals surface area contributed by atoms with Crippen molar-refractivity contribution < 1.29 is 4.79 Å². The average molecular weight is 381 g/mol. The SMILES string of the molecule is Nc1c(N2CCc3ccc(CNC(=O)Cc4cccs4)cc3C2)c(=O)c1=O. The summed E-state index contributed by atoms with van der Waals surface area (Å²) >= 11 is 1.57. The van der Waals surface area contributed by atoms with Gasteiger partial charge in [-0.2, -0.15) is 0 Å². The fourth-order valence-electron chi connectivity index (χ4n) is 3.46. The Morgan fingerprint density at radius 1 is 1.19 bits per heavy atom. The van der Waals surface area contributed by atoms with Crippen molar-refractivity contribution in [3.05, 3.63) is 77.7 Å². The third-order valence-corrected chi connectivity index (χ3v) is 5.80. The standard InChI is InChI=1S/C20H19N3O3S/c21-17-18(20(26)19(17)25)23-6-5-13-4-3-12(8-14(13)11-23)10-22-16(24)9-15-2-1-7-27-15/h1-4,7-8H,5-6,9-11,21H2,(H,22,24). The second-order valence-corrected chi connectivity index (χ2v) is 7.76. The van der Waals surface area contributed by atoms with E-state index in [4.69, 9.17) is 5.73 Å². The molecule has 7 heteroatoms. The first-order valence-corrected chi connectivity index (χ1v) is 9.64. The van der Waals surface area contributed by atoms with Crippen LogP contribution in [0.4, 0.5) is 11.4 Å². The summed E-state index contributed by atoms with van der Waals surface area (Å²) in [5, 5.41) is 4.91.